The molecule has 0 N–H and O–H groups in total. The van der Waals surface area contributed by atoms with Crippen LogP contribution in [0.15, 0.2) is 47.7 Å². The first-order valence-corrected chi connectivity index (χ1v) is 6.14. The van der Waals surface area contributed by atoms with Crippen LogP contribution < -0.4 is 4.74 Å². The number of esters is 1. The second-order valence-corrected chi connectivity index (χ2v) is 4.28. The monoisotopic (exact) mass is 324 g/mol. The third-order valence-corrected chi connectivity index (χ3v) is 2.77. The molecule has 118 valence electrons. The van der Waals surface area contributed by atoms with Crippen LogP contribution in [-0.2, 0) is 6.18 Å². The van der Waals surface area contributed by atoms with Crippen LogP contribution in [-0.4, -0.2) is 25.9 Å². The van der Waals surface area contributed by atoms with Gasteiger partial charge in [-0.2, -0.15) is 18.3 Å². The SMILES string of the molecule is O=C(Oc1cnn(-c2cccnc2)c1C(F)(F)F)c1cnoc1. The van der Waals surface area contributed by atoms with Gasteiger partial charge in [-0.25, -0.2) is 9.48 Å². The molecule has 0 aromatic carbocycles. The predicted octanol–water partition coefficient (Wildman–Crippen LogP) is 2.49. The molecule has 0 aliphatic heterocycles. The zero-order valence-electron chi connectivity index (χ0n) is 11.2. The van der Waals surface area contributed by atoms with Crippen molar-refractivity contribution in [1.29, 1.82) is 0 Å². The minimum Gasteiger partial charge on any atom is -0.419 e. The minimum absolute atomic E-state index is 0.0760. The first kappa shape index (κ1) is 14.8. The number of rotatable bonds is 3. The number of ether oxygens (including phenoxy) is 1. The van der Waals surface area contributed by atoms with Crippen LogP contribution in [0.2, 0.25) is 0 Å². The van der Waals surface area contributed by atoms with Gasteiger partial charge in [0.2, 0.25) is 0 Å². The van der Waals surface area contributed by atoms with Gasteiger partial charge >= 0.3 is 12.1 Å². The normalized spacial score (nSPS) is 11.4. The van der Waals surface area contributed by atoms with E-state index >= 15 is 0 Å². The second kappa shape index (κ2) is 5.55. The van der Waals surface area contributed by atoms with Gasteiger partial charge in [-0.3, -0.25) is 4.98 Å². The molecule has 0 aliphatic rings. The van der Waals surface area contributed by atoms with E-state index in [1.165, 1.54) is 24.5 Å². The summed E-state index contributed by atoms with van der Waals surface area (Å²) in [5.74, 6) is -1.77. The number of hydrogen-bond acceptors (Lipinski definition) is 6. The first-order chi connectivity index (χ1) is 11.0. The van der Waals surface area contributed by atoms with Crippen LogP contribution >= 0.6 is 0 Å². The predicted molar refractivity (Wildman–Crippen MR) is 67.8 cm³/mol. The maximum atomic E-state index is 13.3. The summed E-state index contributed by atoms with van der Waals surface area (Å²) in [7, 11) is 0. The van der Waals surface area contributed by atoms with Crippen LogP contribution in [0.1, 0.15) is 16.1 Å². The quantitative estimate of drug-likeness (QED) is 0.688. The molecule has 0 saturated heterocycles. The van der Waals surface area contributed by atoms with E-state index in [1.807, 2.05) is 0 Å². The van der Waals surface area contributed by atoms with E-state index in [-0.39, 0.29) is 11.3 Å². The zero-order chi connectivity index (χ0) is 16.4. The highest BCUT2D eigenvalue weighted by atomic mass is 19.4. The smallest absolute Gasteiger partial charge is 0.419 e. The van der Waals surface area contributed by atoms with E-state index in [2.05, 4.69) is 19.8 Å². The van der Waals surface area contributed by atoms with Crippen LogP contribution in [0.25, 0.3) is 5.69 Å². The van der Waals surface area contributed by atoms with E-state index in [0.29, 0.717) is 4.68 Å². The lowest BCUT2D eigenvalue weighted by Gasteiger charge is -2.11. The molecule has 3 heterocycles. The van der Waals surface area contributed by atoms with Crippen LogP contribution in [0.4, 0.5) is 13.2 Å². The van der Waals surface area contributed by atoms with Crippen molar-refractivity contribution in [3.63, 3.8) is 0 Å². The van der Waals surface area contributed by atoms with Gasteiger partial charge in [-0.1, -0.05) is 5.16 Å². The maximum Gasteiger partial charge on any atom is 0.437 e. The molecule has 3 aromatic heterocycles. The Hall–Kier alpha value is -3.17. The number of halogens is 3. The molecule has 0 fully saturated rings. The van der Waals surface area contributed by atoms with Gasteiger partial charge in [-0.05, 0) is 12.1 Å². The molecule has 23 heavy (non-hydrogen) atoms. The molecule has 0 spiro atoms. The Morgan fingerprint density at radius 2 is 2.09 bits per heavy atom. The lowest BCUT2D eigenvalue weighted by Crippen LogP contribution is -2.16. The fourth-order valence-corrected chi connectivity index (χ4v) is 1.81. The van der Waals surface area contributed by atoms with Crippen molar-refractivity contribution >= 4 is 5.97 Å². The van der Waals surface area contributed by atoms with Gasteiger partial charge in [0.25, 0.3) is 0 Å². The van der Waals surface area contributed by atoms with E-state index in [4.69, 9.17) is 4.74 Å². The Kier molecular flexibility index (Phi) is 3.56. The van der Waals surface area contributed by atoms with E-state index in [9.17, 15) is 18.0 Å². The molecule has 0 amide bonds. The summed E-state index contributed by atoms with van der Waals surface area (Å²) in [5.41, 5.74) is -1.27. The largest absolute Gasteiger partial charge is 0.437 e. The third kappa shape index (κ3) is 2.91. The van der Waals surface area contributed by atoms with Gasteiger partial charge in [0.1, 0.15) is 11.8 Å². The lowest BCUT2D eigenvalue weighted by atomic mass is 10.3. The molecule has 7 nitrogen and oxygen atoms in total. The molecule has 0 saturated carbocycles. The van der Waals surface area contributed by atoms with Crippen molar-refractivity contribution in [3.8, 4) is 11.4 Å². The lowest BCUT2D eigenvalue weighted by molar-refractivity contribution is -0.143. The van der Waals surface area contributed by atoms with Crippen LogP contribution in [0, 0.1) is 0 Å². The standard InChI is InChI=1S/C13H7F3N4O3/c14-13(15,16)11-10(23-12(21)8-4-19-22-7-8)6-18-20(11)9-2-1-3-17-5-9/h1-7H. The van der Waals surface area contributed by atoms with Gasteiger partial charge in [-0.15, -0.1) is 0 Å². The molecule has 3 aromatic rings. The molecule has 0 bridgehead atoms. The highest BCUT2D eigenvalue weighted by Gasteiger charge is 2.40. The summed E-state index contributed by atoms with van der Waals surface area (Å²) in [5, 5.41) is 6.91. The van der Waals surface area contributed by atoms with Crippen molar-refractivity contribution in [1.82, 2.24) is 19.9 Å². The number of alkyl halides is 3. The van der Waals surface area contributed by atoms with Gasteiger partial charge in [0.05, 0.1) is 24.3 Å². The second-order valence-electron chi connectivity index (χ2n) is 4.28. The Morgan fingerprint density at radius 3 is 2.70 bits per heavy atom. The fraction of sp³-hybridized carbons (Fsp3) is 0.0769. The Bertz CT molecular complexity index is 813. The Morgan fingerprint density at radius 1 is 1.26 bits per heavy atom. The molecular weight excluding hydrogens is 317 g/mol. The zero-order valence-corrected chi connectivity index (χ0v) is 11.2. The van der Waals surface area contributed by atoms with E-state index in [1.54, 1.807) is 0 Å². The molecular formula is C13H7F3N4O3. The van der Waals surface area contributed by atoms with Crippen molar-refractivity contribution in [2.24, 2.45) is 0 Å². The summed E-state index contributed by atoms with van der Waals surface area (Å²) >= 11 is 0. The topological polar surface area (TPSA) is 83.0 Å². The summed E-state index contributed by atoms with van der Waals surface area (Å²) in [6.45, 7) is 0. The fourth-order valence-electron chi connectivity index (χ4n) is 1.81. The van der Waals surface area contributed by atoms with E-state index < -0.39 is 23.6 Å². The Balaban J connectivity index is 2.01. The van der Waals surface area contributed by atoms with E-state index in [0.717, 1.165) is 18.7 Å². The maximum absolute atomic E-state index is 13.3. The summed E-state index contributed by atoms with van der Waals surface area (Å²) in [4.78, 5) is 15.5. The molecule has 3 rings (SSSR count). The number of pyridine rings is 1. The first-order valence-electron chi connectivity index (χ1n) is 6.14. The number of aromatic nitrogens is 4. The number of hydrogen-bond donors (Lipinski definition) is 0. The highest BCUT2D eigenvalue weighted by molar-refractivity contribution is 5.90. The molecule has 0 aliphatic carbocycles. The van der Waals surface area contributed by atoms with Crippen molar-refractivity contribution in [2.45, 2.75) is 6.18 Å². The number of carbonyl (C=O) groups is 1. The summed E-state index contributed by atoms with van der Waals surface area (Å²) in [6.07, 6.45) is 0.612. The van der Waals surface area contributed by atoms with Crippen molar-refractivity contribution in [3.05, 3.63) is 54.4 Å². The Labute approximate surface area is 126 Å². The van der Waals surface area contributed by atoms with Crippen molar-refractivity contribution < 1.29 is 27.2 Å². The minimum atomic E-state index is -4.80. The van der Waals surface area contributed by atoms with Crippen LogP contribution in [0.5, 0.6) is 5.75 Å². The average Bonchev–Trinajstić information content (AvgIpc) is 3.17. The number of carbonyl (C=O) groups excluding carboxylic acids is 1. The molecule has 0 atom stereocenters. The molecule has 0 unspecified atom stereocenters. The summed E-state index contributed by atoms with van der Waals surface area (Å²) < 4.78 is 49.8. The van der Waals surface area contributed by atoms with Crippen LogP contribution in [0.3, 0.4) is 0 Å². The highest BCUT2D eigenvalue weighted by Crippen LogP contribution is 2.37. The average molecular weight is 324 g/mol. The van der Waals surface area contributed by atoms with Crippen molar-refractivity contribution in [2.75, 3.05) is 0 Å². The molecule has 10 heteroatoms. The third-order valence-electron chi connectivity index (χ3n) is 2.77. The molecule has 0 radical (unpaired) electrons. The van der Waals surface area contributed by atoms with Gasteiger partial charge < -0.3 is 9.26 Å². The van der Waals surface area contributed by atoms with Gasteiger partial charge in [0, 0.05) is 6.20 Å². The number of nitrogens with zero attached hydrogens (tertiary/aromatic N) is 4. The summed E-state index contributed by atoms with van der Waals surface area (Å²) in [6, 6.07) is 2.85. The van der Waals surface area contributed by atoms with Gasteiger partial charge in [0.15, 0.2) is 11.4 Å².